The van der Waals surface area contributed by atoms with E-state index in [9.17, 15) is 14.4 Å². The van der Waals surface area contributed by atoms with Gasteiger partial charge in [0.15, 0.2) is 5.78 Å². The van der Waals surface area contributed by atoms with Gasteiger partial charge in [-0.15, -0.1) is 0 Å². The highest BCUT2D eigenvalue weighted by Crippen LogP contribution is 2.47. The molecule has 3 aliphatic heterocycles. The maximum Gasteiger partial charge on any atom is 0.240 e. The number of allylic oxidation sites excluding steroid dienone is 1. The van der Waals surface area contributed by atoms with Crippen LogP contribution in [-0.2, 0) is 14.4 Å². The van der Waals surface area contributed by atoms with Crippen molar-refractivity contribution in [1.82, 2.24) is 5.01 Å². The van der Waals surface area contributed by atoms with Crippen molar-refractivity contribution < 1.29 is 14.4 Å². The van der Waals surface area contributed by atoms with E-state index >= 15 is 0 Å². The number of nitrogens with zero attached hydrogens (tertiary/aromatic N) is 3. The maximum absolute atomic E-state index is 13.4. The molecule has 1 aromatic rings. The van der Waals surface area contributed by atoms with Gasteiger partial charge in [0, 0.05) is 21.7 Å². The van der Waals surface area contributed by atoms with Crippen LogP contribution in [0.1, 0.15) is 20.8 Å². The van der Waals surface area contributed by atoms with Crippen LogP contribution in [0.2, 0.25) is 10.0 Å². The number of halogens is 2. The molecule has 6 nitrogen and oxygen atoms in total. The van der Waals surface area contributed by atoms with Gasteiger partial charge in [0.1, 0.15) is 6.04 Å². The van der Waals surface area contributed by atoms with Crippen molar-refractivity contribution in [3.05, 3.63) is 40.4 Å². The highest BCUT2D eigenvalue weighted by Gasteiger charge is 2.64. The molecule has 2 fully saturated rings. The molecular formula is C20H19Cl2N3O3. The Bertz CT molecular complexity index is 930. The number of hydrogen-bond acceptors (Lipinski definition) is 5. The molecule has 4 rings (SSSR count). The molecule has 3 aliphatic rings. The monoisotopic (exact) mass is 419 g/mol. The molecule has 0 unspecified atom stereocenters. The van der Waals surface area contributed by atoms with Crippen LogP contribution in [-0.4, -0.2) is 40.9 Å². The van der Waals surface area contributed by atoms with Crippen molar-refractivity contribution in [2.24, 2.45) is 22.4 Å². The van der Waals surface area contributed by atoms with Crippen LogP contribution in [0.25, 0.3) is 0 Å². The number of carbonyl (C=O) groups excluding carboxylic acids is 3. The summed E-state index contributed by atoms with van der Waals surface area (Å²) in [5.74, 6) is -2.40. The lowest BCUT2D eigenvalue weighted by atomic mass is 9.80. The second-order valence-electron chi connectivity index (χ2n) is 8.27. The molecule has 2 saturated heterocycles. The third kappa shape index (κ3) is 2.78. The van der Waals surface area contributed by atoms with E-state index in [2.05, 4.69) is 5.10 Å². The summed E-state index contributed by atoms with van der Waals surface area (Å²) in [4.78, 5) is 41.0. The molecule has 8 heteroatoms. The number of rotatable bonds is 2. The zero-order valence-corrected chi connectivity index (χ0v) is 17.1. The minimum Gasteiger partial charge on any atom is -0.297 e. The summed E-state index contributed by atoms with van der Waals surface area (Å²) in [6.07, 6.45) is 5.13. The normalized spacial score (nSPS) is 28.8. The fourth-order valence-electron chi connectivity index (χ4n) is 4.20. The fraction of sp³-hybridized carbons (Fsp3) is 0.400. The Morgan fingerprint density at radius 2 is 1.64 bits per heavy atom. The summed E-state index contributed by atoms with van der Waals surface area (Å²) in [5.41, 5.74) is -0.365. The molecule has 0 bridgehead atoms. The minimum absolute atomic E-state index is 0.121. The van der Waals surface area contributed by atoms with Crippen molar-refractivity contribution in [3.8, 4) is 0 Å². The van der Waals surface area contributed by atoms with Crippen molar-refractivity contribution in [2.45, 2.75) is 32.9 Å². The predicted octanol–water partition coefficient (Wildman–Crippen LogP) is 3.32. The summed E-state index contributed by atoms with van der Waals surface area (Å²) < 4.78 is 0. The molecule has 0 aromatic heterocycles. The van der Waals surface area contributed by atoms with Gasteiger partial charge in [-0.05, 0) is 24.3 Å². The lowest BCUT2D eigenvalue weighted by molar-refractivity contribution is -0.136. The van der Waals surface area contributed by atoms with Crippen LogP contribution in [0.4, 0.5) is 5.69 Å². The Balaban J connectivity index is 1.81. The molecule has 1 aromatic carbocycles. The molecule has 4 atom stereocenters. The summed E-state index contributed by atoms with van der Waals surface area (Å²) in [7, 11) is 0. The summed E-state index contributed by atoms with van der Waals surface area (Å²) in [6, 6.07) is 3.34. The highest BCUT2D eigenvalue weighted by atomic mass is 35.5. The first-order valence-corrected chi connectivity index (χ1v) is 9.74. The Hall–Kier alpha value is -2.18. The molecule has 0 radical (unpaired) electrons. The number of benzene rings is 1. The van der Waals surface area contributed by atoms with Crippen LogP contribution in [0.5, 0.6) is 0 Å². The summed E-state index contributed by atoms with van der Waals surface area (Å²) in [6.45, 7) is 5.41. The van der Waals surface area contributed by atoms with Gasteiger partial charge in [0.2, 0.25) is 11.8 Å². The second-order valence-corrected chi connectivity index (χ2v) is 9.14. The van der Waals surface area contributed by atoms with E-state index in [0.717, 1.165) is 4.90 Å². The molecular weight excluding hydrogens is 401 g/mol. The van der Waals surface area contributed by atoms with Gasteiger partial charge >= 0.3 is 0 Å². The van der Waals surface area contributed by atoms with Gasteiger partial charge in [-0.3, -0.25) is 19.4 Å². The number of Topliss-reactive ketones (excluding diaryl/α,β-unsaturated/α-hetero) is 1. The Kier molecular flexibility index (Phi) is 4.39. The lowest BCUT2D eigenvalue weighted by Crippen LogP contribution is -2.49. The largest absolute Gasteiger partial charge is 0.297 e. The first kappa shape index (κ1) is 19.2. The van der Waals surface area contributed by atoms with E-state index in [1.807, 2.05) is 6.08 Å². The molecule has 0 saturated carbocycles. The summed E-state index contributed by atoms with van der Waals surface area (Å²) >= 11 is 12.1. The number of imide groups is 1. The molecule has 0 N–H and O–H groups in total. The van der Waals surface area contributed by atoms with Gasteiger partial charge in [-0.1, -0.05) is 50.0 Å². The molecule has 0 aliphatic carbocycles. The zero-order chi connectivity index (χ0) is 20.4. The molecule has 0 spiro atoms. The van der Waals surface area contributed by atoms with Crippen LogP contribution in [0.3, 0.4) is 0 Å². The fourth-order valence-corrected chi connectivity index (χ4v) is 4.72. The van der Waals surface area contributed by atoms with Crippen LogP contribution < -0.4 is 4.90 Å². The zero-order valence-electron chi connectivity index (χ0n) is 15.6. The van der Waals surface area contributed by atoms with Crippen molar-refractivity contribution in [2.75, 3.05) is 4.90 Å². The number of hydrazone groups is 1. The topological polar surface area (TPSA) is 70.0 Å². The van der Waals surface area contributed by atoms with E-state index in [1.165, 1.54) is 18.2 Å². The molecule has 3 heterocycles. The number of amides is 2. The van der Waals surface area contributed by atoms with Gasteiger partial charge in [-0.2, -0.15) is 5.10 Å². The Morgan fingerprint density at radius 3 is 2.25 bits per heavy atom. The van der Waals surface area contributed by atoms with Gasteiger partial charge in [0.05, 0.1) is 23.6 Å². The first-order valence-electron chi connectivity index (χ1n) is 8.98. The second kappa shape index (κ2) is 6.42. The predicted molar refractivity (Wildman–Crippen MR) is 107 cm³/mol. The first-order chi connectivity index (χ1) is 13.1. The smallest absolute Gasteiger partial charge is 0.240 e. The molecule has 2 amide bonds. The maximum atomic E-state index is 13.4. The number of anilines is 1. The molecule has 28 heavy (non-hydrogen) atoms. The van der Waals surface area contributed by atoms with E-state index in [1.54, 1.807) is 38.1 Å². The average molecular weight is 420 g/mol. The van der Waals surface area contributed by atoms with E-state index < -0.39 is 35.2 Å². The standard InChI is InChI=1S/C20H19Cl2N3O3/c1-20(2,3)17(26)16-15-14(13-5-4-6-23-25(13)16)18(27)24(19(15)28)12-8-10(21)7-11(22)9-12/h4-9,13-16H,1-3H3/t13-,14+,15-,16+/m1/s1. The van der Waals surface area contributed by atoms with E-state index in [0.29, 0.717) is 15.7 Å². The minimum atomic E-state index is -0.804. The number of fused-ring (bicyclic) bond motifs is 3. The quantitative estimate of drug-likeness (QED) is 0.689. The Morgan fingerprint density at radius 1 is 1.04 bits per heavy atom. The number of carbonyl (C=O) groups is 3. The SMILES string of the molecule is CC(C)(C)C(=O)[C@@H]1[C@@H]2C(=O)N(c3cc(Cl)cc(Cl)c3)C(=O)[C@H]2[C@H]2C=CC=NN21. The highest BCUT2D eigenvalue weighted by molar-refractivity contribution is 6.35. The molecule has 146 valence electrons. The number of hydrogen-bond donors (Lipinski definition) is 0. The van der Waals surface area contributed by atoms with Crippen LogP contribution in [0, 0.1) is 17.3 Å². The van der Waals surface area contributed by atoms with Crippen molar-refractivity contribution >= 4 is 52.7 Å². The van der Waals surface area contributed by atoms with Gasteiger partial charge in [-0.25, -0.2) is 4.90 Å². The average Bonchev–Trinajstić information content (AvgIpc) is 3.06. The van der Waals surface area contributed by atoms with E-state index in [-0.39, 0.29) is 11.7 Å². The Labute approximate surface area is 172 Å². The third-order valence-electron chi connectivity index (χ3n) is 5.40. The van der Waals surface area contributed by atoms with Crippen molar-refractivity contribution in [1.29, 1.82) is 0 Å². The van der Waals surface area contributed by atoms with Gasteiger partial charge in [0.25, 0.3) is 0 Å². The van der Waals surface area contributed by atoms with Crippen molar-refractivity contribution in [3.63, 3.8) is 0 Å². The van der Waals surface area contributed by atoms with Crippen LogP contribution >= 0.6 is 23.2 Å². The third-order valence-corrected chi connectivity index (χ3v) is 5.84. The van der Waals surface area contributed by atoms with E-state index in [4.69, 9.17) is 23.2 Å². The number of ketones is 1. The summed E-state index contributed by atoms with van der Waals surface area (Å²) in [5, 5.41) is 6.58. The van der Waals surface area contributed by atoms with Crippen LogP contribution in [0.15, 0.2) is 35.5 Å². The van der Waals surface area contributed by atoms with Gasteiger partial charge < -0.3 is 0 Å². The lowest BCUT2D eigenvalue weighted by Gasteiger charge is -2.33.